The summed E-state index contributed by atoms with van der Waals surface area (Å²) in [5.41, 5.74) is 3.62. The van der Waals surface area contributed by atoms with Crippen LogP contribution in [0.5, 0.6) is 0 Å². The Kier molecular flexibility index (Phi) is 6.28. The standard InChI is InChI=1S/C27H35FN6O2/c1-17-9-23(34-8-7-27(29-3,26(34)36)20-5-6-20)13-24(31-17)25(35)30-14-19-10-21(28)12-22(11-19)33-15-18(2)32(4)16-33/h9-13,15,20,24,29,31H,5-8,14,16H2,1-4H3,(H,30,35)/t24?,27-/m1/s1. The first kappa shape index (κ1) is 24.4. The van der Waals surface area contributed by atoms with E-state index in [1.165, 1.54) is 12.1 Å². The number of carbonyl (C=O) groups excluding carboxylic acids is 2. The second kappa shape index (κ2) is 9.28. The maximum atomic E-state index is 14.4. The minimum absolute atomic E-state index is 0.0907. The average molecular weight is 495 g/mol. The van der Waals surface area contributed by atoms with Crippen molar-refractivity contribution in [1.82, 2.24) is 25.8 Å². The number of hydrogen-bond acceptors (Lipinski definition) is 6. The number of halogens is 1. The fourth-order valence-corrected chi connectivity index (χ4v) is 5.51. The van der Waals surface area contributed by atoms with E-state index in [-0.39, 0.29) is 24.2 Å². The normalized spacial score (nSPS) is 26.0. The predicted octanol–water partition coefficient (Wildman–Crippen LogP) is 2.37. The van der Waals surface area contributed by atoms with E-state index in [0.717, 1.165) is 42.0 Å². The summed E-state index contributed by atoms with van der Waals surface area (Å²) in [5.74, 6) is -0.0857. The van der Waals surface area contributed by atoms with Crippen LogP contribution in [0.4, 0.5) is 10.1 Å². The van der Waals surface area contributed by atoms with Crippen molar-refractivity contribution in [3.05, 3.63) is 65.0 Å². The highest BCUT2D eigenvalue weighted by Gasteiger charge is 2.55. The summed E-state index contributed by atoms with van der Waals surface area (Å²) in [5, 5.41) is 9.42. The van der Waals surface area contributed by atoms with Gasteiger partial charge in [0.25, 0.3) is 0 Å². The van der Waals surface area contributed by atoms with E-state index in [1.54, 1.807) is 4.90 Å². The summed E-state index contributed by atoms with van der Waals surface area (Å²) >= 11 is 0. The molecular formula is C27H35FN6O2. The lowest BCUT2D eigenvalue weighted by atomic mass is 9.91. The molecule has 3 heterocycles. The number of rotatable bonds is 7. The number of benzene rings is 1. The average Bonchev–Trinajstić information content (AvgIpc) is 3.57. The number of amides is 2. The van der Waals surface area contributed by atoms with E-state index >= 15 is 0 Å². The maximum Gasteiger partial charge on any atom is 0.247 e. The molecule has 3 N–H and O–H groups in total. The minimum atomic E-state index is -0.617. The van der Waals surface area contributed by atoms with Crippen LogP contribution in [-0.2, 0) is 16.1 Å². The molecule has 2 amide bonds. The van der Waals surface area contributed by atoms with Crippen LogP contribution in [0.2, 0.25) is 0 Å². The summed E-state index contributed by atoms with van der Waals surface area (Å²) < 4.78 is 14.4. The van der Waals surface area contributed by atoms with Gasteiger partial charge in [0.1, 0.15) is 17.4 Å². The van der Waals surface area contributed by atoms with Crippen LogP contribution in [0.1, 0.15) is 38.7 Å². The van der Waals surface area contributed by atoms with Gasteiger partial charge in [-0.1, -0.05) is 0 Å². The zero-order chi connectivity index (χ0) is 25.6. The van der Waals surface area contributed by atoms with Crippen molar-refractivity contribution in [3.8, 4) is 0 Å². The number of likely N-dealkylation sites (tertiary alicyclic amines) is 1. The molecule has 0 bridgehead atoms. The molecule has 1 saturated carbocycles. The highest BCUT2D eigenvalue weighted by atomic mass is 19.1. The Bertz CT molecular complexity index is 1170. The lowest BCUT2D eigenvalue weighted by molar-refractivity contribution is -0.132. The lowest BCUT2D eigenvalue weighted by Crippen LogP contribution is -2.52. The predicted molar refractivity (Wildman–Crippen MR) is 137 cm³/mol. The molecule has 1 saturated heterocycles. The molecule has 0 spiro atoms. The van der Waals surface area contributed by atoms with E-state index in [4.69, 9.17) is 0 Å². The third-order valence-corrected chi connectivity index (χ3v) is 7.81. The molecule has 8 nitrogen and oxygen atoms in total. The van der Waals surface area contributed by atoms with Crippen molar-refractivity contribution in [1.29, 1.82) is 0 Å². The Hall–Kier alpha value is -3.33. The van der Waals surface area contributed by atoms with E-state index in [0.29, 0.717) is 24.7 Å². The monoisotopic (exact) mass is 494 g/mol. The first-order valence-electron chi connectivity index (χ1n) is 12.6. The van der Waals surface area contributed by atoms with Gasteiger partial charge in [0.05, 0.1) is 6.67 Å². The van der Waals surface area contributed by atoms with Crippen molar-refractivity contribution in [3.63, 3.8) is 0 Å². The Morgan fingerprint density at radius 1 is 1.25 bits per heavy atom. The quantitative estimate of drug-likeness (QED) is 0.540. The molecule has 2 fully saturated rings. The highest BCUT2D eigenvalue weighted by Crippen LogP contribution is 2.46. The van der Waals surface area contributed by atoms with Crippen LogP contribution >= 0.6 is 0 Å². The molecule has 1 unspecified atom stereocenters. The third-order valence-electron chi connectivity index (χ3n) is 7.81. The van der Waals surface area contributed by atoms with Gasteiger partial charge < -0.3 is 30.7 Å². The number of nitrogens with zero attached hydrogens (tertiary/aromatic N) is 3. The van der Waals surface area contributed by atoms with Crippen LogP contribution in [0.3, 0.4) is 0 Å². The van der Waals surface area contributed by atoms with Gasteiger partial charge in [-0.05, 0) is 82.0 Å². The van der Waals surface area contributed by atoms with E-state index in [2.05, 4.69) is 20.9 Å². The van der Waals surface area contributed by atoms with Crippen LogP contribution in [0.15, 0.2) is 53.6 Å². The van der Waals surface area contributed by atoms with Crippen molar-refractivity contribution in [2.24, 2.45) is 5.92 Å². The first-order chi connectivity index (χ1) is 17.2. The van der Waals surface area contributed by atoms with Crippen molar-refractivity contribution in [2.45, 2.75) is 51.2 Å². The molecule has 0 radical (unpaired) electrons. The molecule has 192 valence electrons. The maximum absolute atomic E-state index is 14.4. The van der Waals surface area contributed by atoms with Gasteiger partial charge in [0.2, 0.25) is 11.8 Å². The Morgan fingerprint density at radius 2 is 2.03 bits per heavy atom. The van der Waals surface area contributed by atoms with Crippen LogP contribution in [0, 0.1) is 11.7 Å². The molecular weight excluding hydrogens is 459 g/mol. The molecule has 9 heteroatoms. The third kappa shape index (κ3) is 4.48. The van der Waals surface area contributed by atoms with Crippen LogP contribution in [-0.4, -0.2) is 60.5 Å². The van der Waals surface area contributed by atoms with Gasteiger partial charge in [0, 0.05) is 49.1 Å². The van der Waals surface area contributed by atoms with E-state index in [9.17, 15) is 14.0 Å². The van der Waals surface area contributed by atoms with Gasteiger partial charge in [-0.3, -0.25) is 9.59 Å². The second-order valence-electron chi connectivity index (χ2n) is 10.4. The number of anilines is 1. The number of allylic oxidation sites excluding steroid dienone is 3. The zero-order valence-electron chi connectivity index (χ0n) is 21.4. The number of dihydropyridines is 1. The van der Waals surface area contributed by atoms with Crippen LogP contribution in [0.25, 0.3) is 0 Å². The smallest absolute Gasteiger partial charge is 0.247 e. The summed E-state index contributed by atoms with van der Waals surface area (Å²) in [7, 11) is 3.85. The van der Waals surface area contributed by atoms with Gasteiger partial charge in [-0.2, -0.15) is 0 Å². The van der Waals surface area contributed by atoms with Crippen molar-refractivity contribution >= 4 is 17.5 Å². The van der Waals surface area contributed by atoms with Gasteiger partial charge >= 0.3 is 0 Å². The highest BCUT2D eigenvalue weighted by molar-refractivity contribution is 5.92. The summed E-state index contributed by atoms with van der Waals surface area (Å²) in [6.45, 7) is 5.38. The second-order valence-corrected chi connectivity index (χ2v) is 10.4. The van der Waals surface area contributed by atoms with Gasteiger partial charge in [0.15, 0.2) is 0 Å². The molecule has 5 rings (SSSR count). The molecule has 1 aromatic rings. The molecule has 3 aliphatic heterocycles. The van der Waals surface area contributed by atoms with Crippen LogP contribution < -0.4 is 20.9 Å². The SMILES string of the molecule is CN[C@@]1(C2CC2)CCN(C2=CC(C(=O)NCc3cc(F)cc(N4C=C(C)N(C)C4)c3)NC(C)=C2)C1=O. The molecule has 36 heavy (non-hydrogen) atoms. The molecule has 4 aliphatic rings. The van der Waals surface area contributed by atoms with E-state index < -0.39 is 11.6 Å². The molecule has 1 aromatic carbocycles. The fraction of sp³-hybridized carbons (Fsp3) is 0.481. The Labute approximate surface area is 211 Å². The molecule has 2 atom stereocenters. The van der Waals surface area contributed by atoms with Gasteiger partial charge in [-0.15, -0.1) is 0 Å². The summed E-state index contributed by atoms with van der Waals surface area (Å²) in [6.07, 6.45) is 8.63. The first-order valence-corrected chi connectivity index (χ1v) is 12.6. The number of hydrogen-bond donors (Lipinski definition) is 3. The van der Waals surface area contributed by atoms with Crippen molar-refractivity contribution < 1.29 is 14.0 Å². The lowest BCUT2D eigenvalue weighted by Gasteiger charge is -2.30. The minimum Gasteiger partial charge on any atom is -0.374 e. The molecule has 1 aliphatic carbocycles. The van der Waals surface area contributed by atoms with Gasteiger partial charge in [-0.25, -0.2) is 4.39 Å². The topological polar surface area (TPSA) is 80.0 Å². The zero-order valence-corrected chi connectivity index (χ0v) is 21.4. The van der Waals surface area contributed by atoms with E-state index in [1.807, 2.05) is 57.3 Å². The fourth-order valence-electron chi connectivity index (χ4n) is 5.51. The summed E-state index contributed by atoms with van der Waals surface area (Å²) in [6, 6.07) is 4.22. The molecule has 0 aromatic heterocycles. The van der Waals surface area contributed by atoms with Crippen molar-refractivity contribution in [2.75, 3.05) is 32.2 Å². The number of likely N-dealkylation sites (N-methyl/N-ethyl adjacent to an activating group) is 1. The number of nitrogens with one attached hydrogen (secondary N) is 3. The largest absolute Gasteiger partial charge is 0.374 e. The Balaban J connectivity index is 1.27. The number of carbonyl (C=O) groups is 2. The summed E-state index contributed by atoms with van der Waals surface area (Å²) in [4.78, 5) is 32.3. The Morgan fingerprint density at radius 3 is 2.69 bits per heavy atom.